The minimum Gasteiger partial charge on any atom is -0.450 e. The number of aliphatic hydroxyl groups excluding tert-OH is 1. The number of carbonyl (C=O) groups is 5. The number of nitrogens with zero attached hydrogens (tertiary/aromatic N) is 4. The van der Waals surface area contributed by atoms with Crippen LogP contribution in [0.4, 0.5) is 5.69 Å². The zero-order chi connectivity index (χ0) is 31.1. The van der Waals surface area contributed by atoms with Gasteiger partial charge in [-0.05, 0) is 62.7 Å². The van der Waals surface area contributed by atoms with Crippen molar-refractivity contribution in [1.29, 1.82) is 0 Å². The standard InChI is InChI=1S/C26H30BrN5O10/c1-12(33)22(35)40-14(3)24(37)42-16(5)25(38)41-15(4)23(36)39-13(2)21(34)32-11-10-30-26(32)31-17-6-7-18-20(19(17)27)29-9-8-28-18/h6-9,12-16,33H,10-11H2,1-5H3,(H,30,31). The van der Waals surface area contributed by atoms with E-state index in [0.717, 1.165) is 6.92 Å². The minimum absolute atomic E-state index is 0.242. The number of nitrogens with one attached hydrogen (secondary N) is 1. The second-order valence-corrected chi connectivity index (χ2v) is 9.96. The van der Waals surface area contributed by atoms with Crippen molar-refractivity contribution in [3.63, 3.8) is 0 Å². The number of rotatable bonds is 10. The van der Waals surface area contributed by atoms with Crippen molar-refractivity contribution in [1.82, 2.24) is 14.9 Å². The van der Waals surface area contributed by atoms with E-state index in [9.17, 15) is 24.0 Å². The number of hydrogen-bond donors (Lipinski definition) is 2. The molecule has 1 aliphatic heterocycles. The number of halogens is 1. The largest absolute Gasteiger partial charge is 0.450 e. The summed E-state index contributed by atoms with van der Waals surface area (Å²) in [5.74, 6) is -4.52. The quantitative estimate of drug-likeness (QED) is 0.274. The SMILES string of the molecule is CC(O)C(=O)OC(C)C(=O)OC(C)C(=O)OC(C)C(=O)OC(C)C(=O)N1CCN=C1Nc1ccc2nccnc2c1Br. The molecule has 42 heavy (non-hydrogen) atoms. The van der Waals surface area contributed by atoms with Crippen LogP contribution in [0.1, 0.15) is 34.6 Å². The van der Waals surface area contributed by atoms with E-state index in [-0.39, 0.29) is 12.5 Å². The van der Waals surface area contributed by atoms with Gasteiger partial charge in [0.05, 0.1) is 22.2 Å². The van der Waals surface area contributed by atoms with E-state index in [4.69, 9.17) is 24.1 Å². The molecule has 226 valence electrons. The van der Waals surface area contributed by atoms with Gasteiger partial charge in [0.2, 0.25) is 5.96 Å². The van der Waals surface area contributed by atoms with Crippen LogP contribution in [0.3, 0.4) is 0 Å². The average Bonchev–Trinajstić information content (AvgIpc) is 3.41. The fourth-order valence-electron chi connectivity index (χ4n) is 3.49. The van der Waals surface area contributed by atoms with Gasteiger partial charge in [0.1, 0.15) is 11.6 Å². The normalized spacial score (nSPS) is 16.4. The number of aliphatic hydroxyl groups is 1. The van der Waals surface area contributed by atoms with Crippen LogP contribution < -0.4 is 5.32 Å². The topological polar surface area (TPSA) is 196 Å². The number of aliphatic imine (C=N–C) groups is 1. The van der Waals surface area contributed by atoms with Crippen LogP contribution in [0, 0.1) is 0 Å². The fourth-order valence-corrected chi connectivity index (χ4v) is 4.02. The lowest BCUT2D eigenvalue weighted by atomic mass is 10.2. The predicted molar refractivity (Wildman–Crippen MR) is 149 cm³/mol. The molecular weight excluding hydrogens is 622 g/mol. The highest BCUT2D eigenvalue weighted by Gasteiger charge is 2.33. The van der Waals surface area contributed by atoms with Gasteiger partial charge in [0.25, 0.3) is 5.91 Å². The molecule has 0 radical (unpaired) electrons. The molecule has 15 nitrogen and oxygen atoms in total. The number of guanidine groups is 1. The summed E-state index contributed by atoms with van der Waals surface area (Å²) in [5.41, 5.74) is 1.88. The second kappa shape index (κ2) is 14.1. The first kappa shape index (κ1) is 32.3. The molecule has 2 aromatic rings. The summed E-state index contributed by atoms with van der Waals surface area (Å²) < 4.78 is 20.5. The van der Waals surface area contributed by atoms with E-state index >= 15 is 0 Å². The van der Waals surface area contributed by atoms with Crippen molar-refractivity contribution in [3.8, 4) is 0 Å². The molecule has 2 heterocycles. The number of hydrogen-bond acceptors (Lipinski definition) is 14. The van der Waals surface area contributed by atoms with E-state index in [2.05, 4.69) is 36.2 Å². The van der Waals surface area contributed by atoms with Crippen LogP contribution in [-0.2, 0) is 42.9 Å². The maximum Gasteiger partial charge on any atom is 0.347 e. The molecule has 5 unspecified atom stereocenters. The fraction of sp³-hybridized carbons (Fsp3) is 0.462. The monoisotopic (exact) mass is 651 g/mol. The molecule has 1 aromatic heterocycles. The van der Waals surface area contributed by atoms with E-state index in [0.29, 0.717) is 27.7 Å². The van der Waals surface area contributed by atoms with Crippen molar-refractivity contribution in [2.45, 2.75) is 65.1 Å². The van der Waals surface area contributed by atoms with Crippen LogP contribution in [0.25, 0.3) is 11.0 Å². The molecule has 5 atom stereocenters. The zero-order valence-electron chi connectivity index (χ0n) is 23.4. The van der Waals surface area contributed by atoms with Crippen LogP contribution in [0.2, 0.25) is 0 Å². The molecule has 1 amide bonds. The number of carbonyl (C=O) groups excluding carboxylic acids is 5. The third kappa shape index (κ3) is 7.97. The Morgan fingerprint density at radius 3 is 1.93 bits per heavy atom. The van der Waals surface area contributed by atoms with Crippen molar-refractivity contribution in [2.24, 2.45) is 4.99 Å². The Hall–Kier alpha value is -4.18. The van der Waals surface area contributed by atoms with Gasteiger partial charge in [0.15, 0.2) is 24.4 Å². The molecule has 1 aromatic carbocycles. The third-order valence-corrected chi connectivity index (χ3v) is 6.59. The van der Waals surface area contributed by atoms with E-state index in [1.54, 1.807) is 24.5 Å². The van der Waals surface area contributed by atoms with Gasteiger partial charge < -0.3 is 29.4 Å². The summed E-state index contributed by atoms with van der Waals surface area (Å²) in [7, 11) is 0. The molecule has 0 fully saturated rings. The number of benzene rings is 1. The number of ether oxygens (including phenoxy) is 4. The van der Waals surface area contributed by atoms with Crippen molar-refractivity contribution in [2.75, 3.05) is 18.4 Å². The van der Waals surface area contributed by atoms with Crippen LogP contribution in [0.5, 0.6) is 0 Å². The Kier molecular flexibility index (Phi) is 10.9. The first-order valence-electron chi connectivity index (χ1n) is 12.8. The van der Waals surface area contributed by atoms with Crippen molar-refractivity contribution >= 4 is 68.4 Å². The lowest BCUT2D eigenvalue weighted by Crippen LogP contribution is -2.45. The number of esters is 4. The molecule has 3 rings (SSSR count). The van der Waals surface area contributed by atoms with Gasteiger partial charge in [-0.1, -0.05) is 0 Å². The van der Waals surface area contributed by atoms with E-state index < -0.39 is 60.3 Å². The van der Waals surface area contributed by atoms with Crippen LogP contribution in [0.15, 0.2) is 34.0 Å². The predicted octanol–water partition coefficient (Wildman–Crippen LogP) is 1.11. The maximum atomic E-state index is 13.1. The Morgan fingerprint density at radius 1 is 0.833 bits per heavy atom. The smallest absolute Gasteiger partial charge is 0.347 e. The first-order chi connectivity index (χ1) is 19.8. The first-order valence-corrected chi connectivity index (χ1v) is 13.6. The molecule has 0 saturated carbocycles. The van der Waals surface area contributed by atoms with E-state index in [1.165, 1.54) is 32.6 Å². The Morgan fingerprint density at radius 2 is 1.36 bits per heavy atom. The lowest BCUT2D eigenvalue weighted by molar-refractivity contribution is -0.184. The second-order valence-electron chi connectivity index (χ2n) is 9.16. The molecule has 0 spiro atoms. The Labute approximate surface area is 248 Å². The lowest BCUT2D eigenvalue weighted by Gasteiger charge is -2.24. The zero-order valence-corrected chi connectivity index (χ0v) is 25.0. The summed E-state index contributed by atoms with van der Waals surface area (Å²) >= 11 is 3.50. The van der Waals surface area contributed by atoms with Crippen molar-refractivity contribution in [3.05, 3.63) is 29.0 Å². The number of fused-ring (bicyclic) bond motifs is 1. The molecule has 0 saturated heterocycles. The Balaban J connectivity index is 1.52. The van der Waals surface area contributed by atoms with Gasteiger partial charge in [-0.2, -0.15) is 0 Å². The van der Waals surface area contributed by atoms with Crippen LogP contribution >= 0.6 is 15.9 Å². The number of amides is 1. The molecule has 2 N–H and O–H groups in total. The highest BCUT2D eigenvalue weighted by Crippen LogP contribution is 2.29. The molecular formula is C26H30BrN5O10. The van der Waals surface area contributed by atoms with Gasteiger partial charge in [-0.25, -0.2) is 19.2 Å². The Bertz CT molecular complexity index is 1400. The minimum atomic E-state index is -1.46. The van der Waals surface area contributed by atoms with Gasteiger partial charge in [-0.3, -0.25) is 24.7 Å². The van der Waals surface area contributed by atoms with Crippen LogP contribution in [-0.4, -0.2) is 99.3 Å². The average molecular weight is 652 g/mol. The summed E-state index contributed by atoms with van der Waals surface area (Å²) in [6.45, 7) is 6.70. The van der Waals surface area contributed by atoms with Gasteiger partial charge in [-0.15, -0.1) is 0 Å². The molecule has 0 aliphatic carbocycles. The summed E-state index contributed by atoms with van der Waals surface area (Å²) in [4.78, 5) is 75.7. The highest BCUT2D eigenvalue weighted by molar-refractivity contribution is 9.10. The molecule has 16 heteroatoms. The van der Waals surface area contributed by atoms with Crippen molar-refractivity contribution < 1.29 is 48.0 Å². The maximum absolute atomic E-state index is 13.1. The summed E-state index contributed by atoms with van der Waals surface area (Å²) in [5, 5.41) is 12.3. The third-order valence-electron chi connectivity index (χ3n) is 5.79. The molecule has 1 aliphatic rings. The molecule has 0 bridgehead atoms. The summed E-state index contributed by atoms with van der Waals surface area (Å²) in [6.07, 6.45) is -3.89. The highest BCUT2D eigenvalue weighted by atomic mass is 79.9. The number of anilines is 1. The number of aromatic nitrogens is 2. The van der Waals surface area contributed by atoms with E-state index in [1.807, 2.05) is 0 Å². The summed E-state index contributed by atoms with van der Waals surface area (Å²) in [6, 6.07) is 3.52. The van der Waals surface area contributed by atoms with Gasteiger partial charge >= 0.3 is 23.9 Å². The van der Waals surface area contributed by atoms with Gasteiger partial charge in [0, 0.05) is 18.9 Å².